The van der Waals surface area contributed by atoms with Gasteiger partial charge < -0.3 is 11.1 Å². The van der Waals surface area contributed by atoms with E-state index in [4.69, 9.17) is 5.73 Å². The van der Waals surface area contributed by atoms with Crippen molar-refractivity contribution in [2.45, 2.75) is 31.5 Å². The predicted octanol–water partition coefficient (Wildman–Crippen LogP) is 2.72. The summed E-state index contributed by atoms with van der Waals surface area (Å²) in [5, 5.41) is 6.46. The first-order chi connectivity index (χ1) is 11.1. The van der Waals surface area contributed by atoms with Gasteiger partial charge in [-0.15, -0.1) is 0 Å². The Kier molecular flexibility index (Phi) is 4.57. The zero-order valence-electron chi connectivity index (χ0n) is 12.8. The van der Waals surface area contributed by atoms with Crippen molar-refractivity contribution in [1.82, 2.24) is 5.32 Å². The predicted molar refractivity (Wildman–Crippen MR) is 88.3 cm³/mol. The van der Waals surface area contributed by atoms with Gasteiger partial charge in [0.2, 0.25) is 5.91 Å². The second-order valence-electron chi connectivity index (χ2n) is 5.82. The number of nitrogens with one attached hydrogen (secondary N) is 2. The molecule has 2 aromatic rings. The van der Waals surface area contributed by atoms with Crippen LogP contribution in [0.2, 0.25) is 0 Å². The fourth-order valence-electron chi connectivity index (χ4n) is 2.90. The molecule has 1 heterocycles. The van der Waals surface area contributed by atoms with Gasteiger partial charge in [0.05, 0.1) is 6.04 Å². The number of carbonyl (C=O) groups excluding carboxylic acids is 1. The van der Waals surface area contributed by atoms with Gasteiger partial charge in [-0.05, 0) is 36.6 Å². The van der Waals surface area contributed by atoms with Crippen molar-refractivity contribution >= 4 is 11.6 Å². The van der Waals surface area contributed by atoms with Crippen LogP contribution < -0.4 is 16.4 Å². The highest BCUT2D eigenvalue weighted by molar-refractivity contribution is 5.80. The van der Waals surface area contributed by atoms with Crippen molar-refractivity contribution in [2.75, 3.05) is 5.32 Å². The molecule has 1 saturated heterocycles. The Hall–Kier alpha value is -2.40. The normalized spacial score (nSPS) is 20.4. The summed E-state index contributed by atoms with van der Waals surface area (Å²) in [5.41, 5.74) is 8.03. The van der Waals surface area contributed by atoms with Crippen molar-refractivity contribution in [1.29, 1.82) is 0 Å². The Morgan fingerprint density at radius 3 is 2.57 bits per heavy atom. The SMILES string of the molecule is NC(=O)C1CCC(c2ccc(NCc3ccccc3F)cc2)N1. The average Bonchev–Trinajstić information content (AvgIpc) is 3.05. The number of halogens is 1. The van der Waals surface area contributed by atoms with E-state index in [1.165, 1.54) is 6.07 Å². The summed E-state index contributed by atoms with van der Waals surface area (Å²) in [5.74, 6) is -0.500. The summed E-state index contributed by atoms with van der Waals surface area (Å²) in [6, 6.07) is 14.6. The zero-order chi connectivity index (χ0) is 16.2. The van der Waals surface area contributed by atoms with Crippen LogP contribution in [-0.2, 0) is 11.3 Å². The number of primary amides is 1. The molecule has 4 nitrogen and oxygen atoms in total. The van der Waals surface area contributed by atoms with Crippen LogP contribution >= 0.6 is 0 Å². The molecule has 0 saturated carbocycles. The minimum Gasteiger partial charge on any atom is -0.381 e. The molecule has 120 valence electrons. The quantitative estimate of drug-likeness (QED) is 0.795. The van der Waals surface area contributed by atoms with Crippen LogP contribution in [-0.4, -0.2) is 11.9 Å². The molecule has 2 aromatic carbocycles. The van der Waals surface area contributed by atoms with E-state index in [0.717, 1.165) is 24.1 Å². The summed E-state index contributed by atoms with van der Waals surface area (Å²) >= 11 is 0. The first kappa shape index (κ1) is 15.5. The molecule has 1 aliphatic heterocycles. The highest BCUT2D eigenvalue weighted by Crippen LogP contribution is 2.27. The third-order valence-corrected chi connectivity index (χ3v) is 4.24. The number of benzene rings is 2. The van der Waals surface area contributed by atoms with Crippen LogP contribution in [0.4, 0.5) is 10.1 Å². The zero-order valence-corrected chi connectivity index (χ0v) is 12.8. The fourth-order valence-corrected chi connectivity index (χ4v) is 2.90. The first-order valence-electron chi connectivity index (χ1n) is 7.76. The highest BCUT2D eigenvalue weighted by atomic mass is 19.1. The van der Waals surface area contributed by atoms with E-state index in [1.807, 2.05) is 30.3 Å². The standard InChI is InChI=1S/C18H20FN3O/c19-15-4-2-1-3-13(15)11-21-14-7-5-12(6-8-14)16-9-10-17(22-16)18(20)23/h1-8,16-17,21-22H,9-11H2,(H2,20,23). The van der Waals surface area contributed by atoms with Gasteiger partial charge >= 0.3 is 0 Å². The summed E-state index contributed by atoms with van der Waals surface area (Å²) in [4.78, 5) is 11.2. The minimum atomic E-state index is -0.296. The molecule has 0 aliphatic carbocycles. The van der Waals surface area contributed by atoms with Crippen molar-refractivity contribution in [2.24, 2.45) is 5.73 Å². The number of rotatable bonds is 5. The average molecular weight is 313 g/mol. The molecule has 0 spiro atoms. The lowest BCUT2D eigenvalue weighted by Gasteiger charge is -2.14. The van der Waals surface area contributed by atoms with E-state index in [2.05, 4.69) is 10.6 Å². The van der Waals surface area contributed by atoms with Crippen LogP contribution in [0.1, 0.15) is 30.0 Å². The second-order valence-corrected chi connectivity index (χ2v) is 5.82. The number of carbonyl (C=O) groups is 1. The lowest BCUT2D eigenvalue weighted by molar-refractivity contribution is -0.119. The lowest BCUT2D eigenvalue weighted by atomic mass is 10.0. The van der Waals surface area contributed by atoms with Gasteiger partial charge in [0.25, 0.3) is 0 Å². The lowest BCUT2D eigenvalue weighted by Crippen LogP contribution is -2.37. The largest absolute Gasteiger partial charge is 0.381 e. The van der Waals surface area contributed by atoms with E-state index >= 15 is 0 Å². The Bertz CT molecular complexity index is 687. The van der Waals surface area contributed by atoms with Crippen LogP contribution in [0.25, 0.3) is 0 Å². The molecular weight excluding hydrogens is 293 g/mol. The summed E-state index contributed by atoms with van der Waals surface area (Å²) < 4.78 is 13.6. The number of anilines is 1. The Morgan fingerprint density at radius 2 is 1.91 bits per heavy atom. The molecule has 0 aromatic heterocycles. The highest BCUT2D eigenvalue weighted by Gasteiger charge is 2.28. The molecule has 1 amide bonds. The van der Waals surface area contributed by atoms with Gasteiger partial charge in [0.1, 0.15) is 5.82 Å². The number of hydrogen-bond acceptors (Lipinski definition) is 3. The minimum absolute atomic E-state index is 0.160. The van der Waals surface area contributed by atoms with E-state index in [9.17, 15) is 9.18 Å². The molecule has 2 unspecified atom stereocenters. The number of hydrogen-bond donors (Lipinski definition) is 3. The van der Waals surface area contributed by atoms with Gasteiger partial charge in [-0.25, -0.2) is 4.39 Å². The molecule has 4 N–H and O–H groups in total. The number of amides is 1. The summed E-state index contributed by atoms with van der Waals surface area (Å²) in [6.45, 7) is 0.442. The third kappa shape index (κ3) is 3.68. The van der Waals surface area contributed by atoms with Crippen LogP contribution in [0.3, 0.4) is 0 Å². The molecule has 23 heavy (non-hydrogen) atoms. The Balaban J connectivity index is 1.59. The van der Waals surface area contributed by atoms with Crippen molar-refractivity contribution in [3.05, 3.63) is 65.5 Å². The van der Waals surface area contributed by atoms with E-state index in [1.54, 1.807) is 12.1 Å². The Labute approximate surface area is 134 Å². The van der Waals surface area contributed by atoms with Crippen LogP contribution in [0, 0.1) is 5.82 Å². The van der Waals surface area contributed by atoms with Gasteiger partial charge in [-0.3, -0.25) is 10.1 Å². The smallest absolute Gasteiger partial charge is 0.234 e. The molecule has 0 radical (unpaired) electrons. The maximum absolute atomic E-state index is 13.6. The first-order valence-corrected chi connectivity index (χ1v) is 7.76. The monoisotopic (exact) mass is 313 g/mol. The van der Waals surface area contributed by atoms with Crippen LogP contribution in [0.15, 0.2) is 48.5 Å². The number of nitrogens with two attached hydrogens (primary N) is 1. The molecule has 0 bridgehead atoms. The van der Waals surface area contributed by atoms with Crippen molar-refractivity contribution in [3.63, 3.8) is 0 Å². The van der Waals surface area contributed by atoms with Crippen LogP contribution in [0.5, 0.6) is 0 Å². The Morgan fingerprint density at radius 1 is 1.17 bits per heavy atom. The topological polar surface area (TPSA) is 67.2 Å². The molecule has 2 atom stereocenters. The van der Waals surface area contributed by atoms with Crippen molar-refractivity contribution in [3.8, 4) is 0 Å². The molecule has 1 aliphatic rings. The maximum Gasteiger partial charge on any atom is 0.234 e. The van der Waals surface area contributed by atoms with E-state index in [0.29, 0.717) is 12.1 Å². The summed E-state index contributed by atoms with van der Waals surface area (Å²) in [7, 11) is 0. The van der Waals surface area contributed by atoms with Gasteiger partial charge in [-0.2, -0.15) is 0 Å². The van der Waals surface area contributed by atoms with E-state index < -0.39 is 0 Å². The van der Waals surface area contributed by atoms with Gasteiger partial charge in [-0.1, -0.05) is 30.3 Å². The van der Waals surface area contributed by atoms with Gasteiger partial charge in [0.15, 0.2) is 0 Å². The van der Waals surface area contributed by atoms with E-state index in [-0.39, 0.29) is 23.8 Å². The third-order valence-electron chi connectivity index (χ3n) is 4.24. The molecular formula is C18H20FN3O. The molecule has 1 fully saturated rings. The molecule has 5 heteroatoms. The van der Waals surface area contributed by atoms with Gasteiger partial charge in [0, 0.05) is 23.8 Å². The molecule has 3 rings (SSSR count). The van der Waals surface area contributed by atoms with Crippen molar-refractivity contribution < 1.29 is 9.18 Å². The summed E-state index contributed by atoms with van der Waals surface area (Å²) in [6.07, 6.45) is 1.67. The second kappa shape index (κ2) is 6.79. The fraction of sp³-hybridized carbons (Fsp3) is 0.278. The maximum atomic E-state index is 13.6.